The standard InChI is InChI=1S/C20H24N4O3/c1-15-2-4-16(5-3-15)27-13-19(25)24-7-6-17-18(12-24)21-14-22-20(17)23-8-10-26-11-9-23/h2-5,14H,6-13H2,1H3. The molecule has 0 radical (unpaired) electrons. The maximum Gasteiger partial charge on any atom is 0.260 e. The molecule has 7 heteroatoms. The van der Waals surface area contributed by atoms with Gasteiger partial charge in [0.2, 0.25) is 0 Å². The van der Waals surface area contributed by atoms with Crippen LogP contribution < -0.4 is 9.64 Å². The zero-order valence-electron chi connectivity index (χ0n) is 15.6. The zero-order valence-corrected chi connectivity index (χ0v) is 15.6. The molecule has 0 aliphatic carbocycles. The first-order chi connectivity index (χ1) is 13.2. The Hall–Kier alpha value is -2.67. The number of carbonyl (C=O) groups is 1. The fourth-order valence-electron chi connectivity index (χ4n) is 3.47. The molecule has 0 unspecified atom stereocenters. The van der Waals surface area contributed by atoms with Crippen molar-refractivity contribution in [2.45, 2.75) is 19.9 Å². The Morgan fingerprint density at radius 1 is 1.15 bits per heavy atom. The number of benzene rings is 1. The normalized spacial score (nSPS) is 16.8. The second-order valence-electron chi connectivity index (χ2n) is 6.89. The van der Waals surface area contributed by atoms with Gasteiger partial charge in [-0.2, -0.15) is 0 Å². The second kappa shape index (κ2) is 7.92. The summed E-state index contributed by atoms with van der Waals surface area (Å²) in [5.41, 5.74) is 3.25. The van der Waals surface area contributed by atoms with Crippen LogP contribution in [0.5, 0.6) is 5.75 Å². The zero-order chi connectivity index (χ0) is 18.6. The number of hydrogen-bond donors (Lipinski definition) is 0. The maximum atomic E-state index is 12.6. The van der Waals surface area contributed by atoms with Gasteiger partial charge in [0.15, 0.2) is 6.61 Å². The van der Waals surface area contributed by atoms with E-state index < -0.39 is 0 Å². The Morgan fingerprint density at radius 3 is 2.70 bits per heavy atom. The fraction of sp³-hybridized carbons (Fsp3) is 0.450. The molecule has 0 bridgehead atoms. The van der Waals surface area contributed by atoms with E-state index in [2.05, 4.69) is 14.9 Å². The Morgan fingerprint density at radius 2 is 1.93 bits per heavy atom. The van der Waals surface area contributed by atoms with Crippen LogP contribution in [0.1, 0.15) is 16.8 Å². The van der Waals surface area contributed by atoms with Crippen LogP contribution in [0.15, 0.2) is 30.6 Å². The minimum Gasteiger partial charge on any atom is -0.484 e. The van der Waals surface area contributed by atoms with E-state index in [1.165, 1.54) is 0 Å². The predicted octanol–water partition coefficient (Wildman–Crippen LogP) is 1.59. The summed E-state index contributed by atoms with van der Waals surface area (Å²) in [5.74, 6) is 1.68. The summed E-state index contributed by atoms with van der Waals surface area (Å²) < 4.78 is 11.1. The van der Waals surface area contributed by atoms with Gasteiger partial charge in [0, 0.05) is 25.2 Å². The van der Waals surface area contributed by atoms with Crippen molar-refractivity contribution in [3.05, 3.63) is 47.4 Å². The highest BCUT2D eigenvalue weighted by Crippen LogP contribution is 2.26. The lowest BCUT2D eigenvalue weighted by Gasteiger charge is -2.33. The maximum absolute atomic E-state index is 12.6. The number of carbonyl (C=O) groups excluding carboxylic acids is 1. The van der Waals surface area contributed by atoms with Gasteiger partial charge in [-0.05, 0) is 25.5 Å². The number of aryl methyl sites for hydroxylation is 1. The van der Waals surface area contributed by atoms with Crippen LogP contribution in [-0.2, 0) is 22.5 Å². The Kier molecular flexibility index (Phi) is 5.20. The van der Waals surface area contributed by atoms with E-state index in [0.29, 0.717) is 18.8 Å². The van der Waals surface area contributed by atoms with Gasteiger partial charge in [-0.15, -0.1) is 0 Å². The number of aromatic nitrogens is 2. The predicted molar refractivity (Wildman–Crippen MR) is 101 cm³/mol. The molecule has 0 N–H and O–H groups in total. The van der Waals surface area contributed by atoms with Crippen molar-refractivity contribution >= 4 is 11.7 Å². The Bertz CT molecular complexity index is 803. The monoisotopic (exact) mass is 368 g/mol. The highest BCUT2D eigenvalue weighted by atomic mass is 16.5. The summed E-state index contributed by atoms with van der Waals surface area (Å²) in [6.45, 7) is 6.36. The number of amides is 1. The lowest BCUT2D eigenvalue weighted by Crippen LogP contribution is -2.41. The van der Waals surface area contributed by atoms with Gasteiger partial charge < -0.3 is 19.3 Å². The van der Waals surface area contributed by atoms with E-state index in [4.69, 9.17) is 9.47 Å². The molecule has 0 spiro atoms. The van der Waals surface area contributed by atoms with Gasteiger partial charge in [0.25, 0.3) is 5.91 Å². The van der Waals surface area contributed by atoms with Crippen LogP contribution >= 0.6 is 0 Å². The smallest absolute Gasteiger partial charge is 0.260 e. The van der Waals surface area contributed by atoms with E-state index in [1.807, 2.05) is 36.1 Å². The molecule has 1 aromatic heterocycles. The summed E-state index contributed by atoms with van der Waals surface area (Å²) in [6.07, 6.45) is 2.36. The molecule has 27 heavy (non-hydrogen) atoms. The SMILES string of the molecule is Cc1ccc(OCC(=O)N2CCc3c(ncnc3N3CCOCC3)C2)cc1. The first-order valence-corrected chi connectivity index (χ1v) is 9.33. The number of nitrogens with zero attached hydrogens (tertiary/aromatic N) is 4. The minimum absolute atomic E-state index is 0.0206. The molecule has 2 aliphatic heterocycles. The summed E-state index contributed by atoms with van der Waals surface area (Å²) in [6, 6.07) is 7.72. The molecule has 142 valence electrons. The topological polar surface area (TPSA) is 67.8 Å². The molecule has 1 aromatic carbocycles. The summed E-state index contributed by atoms with van der Waals surface area (Å²) in [4.78, 5) is 25.6. The molecule has 7 nitrogen and oxygen atoms in total. The van der Waals surface area contributed by atoms with Gasteiger partial charge in [-0.3, -0.25) is 4.79 Å². The third-order valence-corrected chi connectivity index (χ3v) is 5.03. The molecule has 0 atom stereocenters. The van der Waals surface area contributed by atoms with E-state index >= 15 is 0 Å². The number of fused-ring (bicyclic) bond motifs is 1. The van der Waals surface area contributed by atoms with Gasteiger partial charge in [-0.1, -0.05) is 17.7 Å². The van der Waals surface area contributed by atoms with Crippen LogP contribution in [0, 0.1) is 6.92 Å². The molecule has 4 rings (SSSR count). The van der Waals surface area contributed by atoms with Gasteiger partial charge >= 0.3 is 0 Å². The second-order valence-corrected chi connectivity index (χ2v) is 6.89. The highest BCUT2D eigenvalue weighted by Gasteiger charge is 2.26. The molecule has 1 fully saturated rings. The average Bonchev–Trinajstić information content (AvgIpc) is 2.73. The largest absolute Gasteiger partial charge is 0.484 e. The summed E-state index contributed by atoms with van der Waals surface area (Å²) >= 11 is 0. The molecule has 1 amide bonds. The Balaban J connectivity index is 1.40. The number of hydrogen-bond acceptors (Lipinski definition) is 6. The van der Waals surface area contributed by atoms with E-state index in [-0.39, 0.29) is 12.5 Å². The van der Waals surface area contributed by atoms with E-state index in [0.717, 1.165) is 55.4 Å². The molecule has 0 saturated carbocycles. The van der Waals surface area contributed by atoms with Crippen LogP contribution in [0.3, 0.4) is 0 Å². The molecular weight excluding hydrogens is 344 g/mol. The molecule has 2 aromatic rings. The first kappa shape index (κ1) is 17.7. The minimum atomic E-state index is -0.0206. The van der Waals surface area contributed by atoms with Gasteiger partial charge in [0.05, 0.1) is 25.5 Å². The lowest BCUT2D eigenvalue weighted by molar-refractivity contribution is -0.134. The van der Waals surface area contributed by atoms with E-state index in [1.54, 1.807) is 6.33 Å². The van der Waals surface area contributed by atoms with Crippen molar-refractivity contribution in [3.8, 4) is 5.75 Å². The number of anilines is 1. The van der Waals surface area contributed by atoms with Crippen molar-refractivity contribution in [3.63, 3.8) is 0 Å². The Labute approximate surface area is 158 Å². The van der Waals surface area contributed by atoms with Crippen LogP contribution in [0.25, 0.3) is 0 Å². The third kappa shape index (κ3) is 4.03. The summed E-state index contributed by atoms with van der Waals surface area (Å²) in [5, 5.41) is 0. The van der Waals surface area contributed by atoms with Crippen LogP contribution in [-0.4, -0.2) is 60.2 Å². The van der Waals surface area contributed by atoms with Crippen LogP contribution in [0.4, 0.5) is 5.82 Å². The van der Waals surface area contributed by atoms with Crippen LogP contribution in [0.2, 0.25) is 0 Å². The average molecular weight is 368 g/mol. The molecular formula is C20H24N4O3. The molecule has 2 aliphatic rings. The fourth-order valence-corrected chi connectivity index (χ4v) is 3.47. The number of rotatable bonds is 4. The number of morpholine rings is 1. The van der Waals surface area contributed by atoms with Gasteiger partial charge in [0.1, 0.15) is 17.9 Å². The molecule has 3 heterocycles. The van der Waals surface area contributed by atoms with E-state index in [9.17, 15) is 4.79 Å². The van der Waals surface area contributed by atoms with Gasteiger partial charge in [-0.25, -0.2) is 9.97 Å². The van der Waals surface area contributed by atoms with Crippen molar-refractivity contribution in [2.75, 3.05) is 44.4 Å². The molecule has 1 saturated heterocycles. The quantitative estimate of drug-likeness (QED) is 0.816. The van der Waals surface area contributed by atoms with Crippen molar-refractivity contribution in [2.24, 2.45) is 0 Å². The number of ether oxygens (including phenoxy) is 2. The summed E-state index contributed by atoms with van der Waals surface area (Å²) in [7, 11) is 0. The third-order valence-electron chi connectivity index (χ3n) is 5.03. The van der Waals surface area contributed by atoms with Crippen molar-refractivity contribution in [1.82, 2.24) is 14.9 Å². The van der Waals surface area contributed by atoms with Crippen molar-refractivity contribution < 1.29 is 14.3 Å². The first-order valence-electron chi connectivity index (χ1n) is 9.33. The van der Waals surface area contributed by atoms with Crippen molar-refractivity contribution in [1.29, 1.82) is 0 Å². The lowest BCUT2D eigenvalue weighted by atomic mass is 10.0. The highest BCUT2D eigenvalue weighted by molar-refractivity contribution is 5.78.